The highest BCUT2D eigenvalue weighted by Crippen LogP contribution is 2.36. The average Bonchev–Trinajstić information content (AvgIpc) is 2.07. The summed E-state index contributed by atoms with van der Waals surface area (Å²) < 4.78 is 37.1. The molecule has 0 saturated carbocycles. The molecule has 0 spiro atoms. The predicted molar refractivity (Wildman–Crippen MR) is 45.0 cm³/mol. The highest BCUT2D eigenvalue weighted by molar-refractivity contribution is 5.49. The van der Waals surface area contributed by atoms with Crippen molar-refractivity contribution >= 4 is 5.69 Å². The fourth-order valence-corrected chi connectivity index (χ4v) is 1.01. The van der Waals surface area contributed by atoms with Gasteiger partial charge in [-0.25, -0.2) is 0 Å². The molecular weight excluding hydrogens is 195 g/mol. The minimum Gasteiger partial charge on any atom is -0.166 e. The Hall–Kier alpha value is -1.68. The first kappa shape index (κ1) is 10.4. The second-order valence-corrected chi connectivity index (χ2v) is 2.71. The molecule has 0 N–H and O–H groups in total. The molecule has 0 fully saturated rings. The summed E-state index contributed by atoms with van der Waals surface area (Å²) in [7, 11) is 0. The Morgan fingerprint density at radius 1 is 1.36 bits per heavy atom. The maximum Gasteiger partial charge on any atom is 0.416 e. The Balaban J connectivity index is 3.37. The lowest BCUT2D eigenvalue weighted by atomic mass is 10.1. The Labute approximate surface area is 77.8 Å². The molecule has 0 aromatic heterocycles. The van der Waals surface area contributed by atoms with Crippen molar-refractivity contribution in [1.82, 2.24) is 0 Å². The van der Waals surface area contributed by atoms with E-state index in [2.05, 4.69) is 10.0 Å². The molecular formula is C8H6F3N3. The van der Waals surface area contributed by atoms with Gasteiger partial charge in [0.05, 0.1) is 5.56 Å². The van der Waals surface area contributed by atoms with E-state index in [1.807, 2.05) is 0 Å². The van der Waals surface area contributed by atoms with E-state index in [1.165, 1.54) is 13.0 Å². The standard InChI is InChI=1S/C8H6F3N3/c1-5-2-3-7(13-14-12)6(4-5)8(9,10)11/h2-4H,1H3. The highest BCUT2D eigenvalue weighted by atomic mass is 19.4. The Morgan fingerprint density at radius 3 is 2.50 bits per heavy atom. The molecule has 0 unspecified atom stereocenters. The molecule has 0 radical (unpaired) electrons. The number of azide groups is 1. The van der Waals surface area contributed by atoms with Gasteiger partial charge in [-0.05, 0) is 18.5 Å². The lowest BCUT2D eigenvalue weighted by Gasteiger charge is -2.09. The topological polar surface area (TPSA) is 48.8 Å². The predicted octanol–water partition coefficient (Wildman–Crippen LogP) is 3.96. The summed E-state index contributed by atoms with van der Waals surface area (Å²) in [6.45, 7) is 1.54. The monoisotopic (exact) mass is 201 g/mol. The first-order valence-electron chi connectivity index (χ1n) is 3.68. The second-order valence-electron chi connectivity index (χ2n) is 2.71. The van der Waals surface area contributed by atoms with E-state index >= 15 is 0 Å². The summed E-state index contributed by atoms with van der Waals surface area (Å²) in [6.07, 6.45) is -4.49. The zero-order chi connectivity index (χ0) is 10.8. The number of aryl methyl sites for hydroxylation is 1. The number of nitrogens with zero attached hydrogens (tertiary/aromatic N) is 3. The van der Waals surface area contributed by atoms with Gasteiger partial charge in [0.2, 0.25) is 0 Å². The Kier molecular flexibility index (Phi) is 2.67. The van der Waals surface area contributed by atoms with Crippen LogP contribution in [0.15, 0.2) is 23.3 Å². The minimum atomic E-state index is -4.49. The van der Waals surface area contributed by atoms with E-state index in [-0.39, 0.29) is 0 Å². The number of alkyl halides is 3. The zero-order valence-electron chi connectivity index (χ0n) is 7.21. The van der Waals surface area contributed by atoms with E-state index < -0.39 is 17.4 Å². The fraction of sp³-hybridized carbons (Fsp3) is 0.250. The third-order valence-electron chi connectivity index (χ3n) is 1.61. The van der Waals surface area contributed by atoms with Gasteiger partial charge in [0.1, 0.15) is 0 Å². The van der Waals surface area contributed by atoms with E-state index in [9.17, 15) is 13.2 Å². The molecule has 14 heavy (non-hydrogen) atoms. The van der Waals surface area contributed by atoms with Crippen LogP contribution in [0.1, 0.15) is 11.1 Å². The molecule has 1 aromatic carbocycles. The van der Waals surface area contributed by atoms with Gasteiger partial charge in [-0.15, -0.1) is 0 Å². The molecule has 0 atom stereocenters. The normalized spacial score (nSPS) is 10.9. The first-order valence-corrected chi connectivity index (χ1v) is 3.68. The molecule has 0 aliphatic carbocycles. The van der Waals surface area contributed by atoms with Crippen molar-refractivity contribution in [2.45, 2.75) is 13.1 Å². The van der Waals surface area contributed by atoms with Crippen LogP contribution in [-0.2, 0) is 6.18 Å². The van der Waals surface area contributed by atoms with Gasteiger partial charge in [0.25, 0.3) is 0 Å². The van der Waals surface area contributed by atoms with Crippen LogP contribution < -0.4 is 0 Å². The van der Waals surface area contributed by atoms with Crippen molar-refractivity contribution in [3.63, 3.8) is 0 Å². The van der Waals surface area contributed by atoms with Gasteiger partial charge in [0.15, 0.2) is 0 Å². The molecule has 0 bridgehead atoms. The van der Waals surface area contributed by atoms with Crippen LogP contribution in [0.3, 0.4) is 0 Å². The number of hydrogen-bond acceptors (Lipinski definition) is 1. The fourth-order valence-electron chi connectivity index (χ4n) is 1.01. The van der Waals surface area contributed by atoms with Crippen LogP contribution in [0.4, 0.5) is 18.9 Å². The average molecular weight is 201 g/mol. The van der Waals surface area contributed by atoms with Crippen molar-refractivity contribution in [2.75, 3.05) is 0 Å². The lowest BCUT2D eigenvalue weighted by Crippen LogP contribution is -2.05. The van der Waals surface area contributed by atoms with Crippen molar-refractivity contribution < 1.29 is 13.2 Å². The van der Waals surface area contributed by atoms with E-state index in [1.54, 1.807) is 0 Å². The number of halogens is 3. The van der Waals surface area contributed by atoms with Gasteiger partial charge < -0.3 is 0 Å². The van der Waals surface area contributed by atoms with Crippen molar-refractivity contribution in [3.05, 3.63) is 39.8 Å². The Bertz CT molecular complexity index is 391. The van der Waals surface area contributed by atoms with Crippen molar-refractivity contribution in [1.29, 1.82) is 0 Å². The van der Waals surface area contributed by atoms with Gasteiger partial charge in [-0.2, -0.15) is 13.2 Å². The summed E-state index contributed by atoms with van der Waals surface area (Å²) in [6, 6.07) is 3.56. The number of rotatable bonds is 1. The number of hydrogen-bond donors (Lipinski definition) is 0. The molecule has 3 nitrogen and oxygen atoms in total. The van der Waals surface area contributed by atoms with Gasteiger partial charge in [-0.1, -0.05) is 22.8 Å². The quantitative estimate of drug-likeness (QED) is 0.375. The maximum atomic E-state index is 12.4. The summed E-state index contributed by atoms with van der Waals surface area (Å²) >= 11 is 0. The SMILES string of the molecule is Cc1ccc(N=[N+]=[N-])c(C(F)(F)F)c1. The Morgan fingerprint density at radius 2 is 2.00 bits per heavy atom. The maximum absolute atomic E-state index is 12.4. The summed E-state index contributed by atoms with van der Waals surface area (Å²) in [4.78, 5) is 2.33. The van der Waals surface area contributed by atoms with Gasteiger partial charge in [0, 0.05) is 10.6 Å². The molecule has 1 aromatic rings. The molecule has 0 aliphatic heterocycles. The zero-order valence-corrected chi connectivity index (χ0v) is 7.21. The van der Waals surface area contributed by atoms with E-state index in [0.717, 1.165) is 12.1 Å². The lowest BCUT2D eigenvalue weighted by molar-refractivity contribution is -0.137. The van der Waals surface area contributed by atoms with Crippen LogP contribution in [0.25, 0.3) is 10.4 Å². The van der Waals surface area contributed by atoms with Gasteiger partial charge in [-0.3, -0.25) is 0 Å². The molecule has 74 valence electrons. The molecule has 0 amide bonds. The van der Waals surface area contributed by atoms with Crippen LogP contribution in [0.2, 0.25) is 0 Å². The third kappa shape index (κ3) is 2.17. The van der Waals surface area contributed by atoms with Crippen LogP contribution >= 0.6 is 0 Å². The summed E-state index contributed by atoms with van der Waals surface area (Å²) in [5, 5.41) is 2.97. The summed E-state index contributed by atoms with van der Waals surface area (Å²) in [5.74, 6) is 0. The number of benzene rings is 1. The third-order valence-corrected chi connectivity index (χ3v) is 1.61. The molecule has 0 heterocycles. The smallest absolute Gasteiger partial charge is 0.166 e. The van der Waals surface area contributed by atoms with E-state index in [4.69, 9.17) is 5.53 Å². The largest absolute Gasteiger partial charge is 0.416 e. The van der Waals surface area contributed by atoms with Gasteiger partial charge >= 0.3 is 6.18 Å². The van der Waals surface area contributed by atoms with Crippen molar-refractivity contribution in [3.8, 4) is 0 Å². The summed E-state index contributed by atoms with van der Waals surface area (Å²) in [5.41, 5.74) is 7.23. The minimum absolute atomic E-state index is 0.398. The van der Waals surface area contributed by atoms with Crippen LogP contribution in [0, 0.1) is 6.92 Å². The van der Waals surface area contributed by atoms with Crippen LogP contribution in [0.5, 0.6) is 0 Å². The molecule has 6 heteroatoms. The first-order chi connectivity index (χ1) is 6.45. The van der Waals surface area contributed by atoms with E-state index in [0.29, 0.717) is 5.56 Å². The second kappa shape index (κ2) is 3.59. The molecule has 1 rings (SSSR count). The molecule has 0 saturated heterocycles. The molecule has 0 aliphatic rings. The van der Waals surface area contributed by atoms with Crippen molar-refractivity contribution in [2.24, 2.45) is 5.11 Å². The van der Waals surface area contributed by atoms with Crippen LogP contribution in [-0.4, -0.2) is 0 Å². The highest BCUT2D eigenvalue weighted by Gasteiger charge is 2.32.